The number of nitrogens with one attached hydrogen (secondary N) is 2. The lowest BCUT2D eigenvalue weighted by Crippen LogP contribution is -2.21. The first-order chi connectivity index (χ1) is 17.0. The number of esters is 1. The van der Waals surface area contributed by atoms with Crippen molar-refractivity contribution < 1.29 is 32.8 Å². The maximum atomic E-state index is 12.7. The first kappa shape index (κ1) is 26.0. The Hall–Kier alpha value is -4.65. The molecule has 1 amide bonds. The number of nitro groups is 1. The molecule has 0 bridgehead atoms. The minimum Gasteiger partial charge on any atom is -0.507 e. The smallest absolute Gasteiger partial charge is 0.342 e. The minimum absolute atomic E-state index is 0.0492. The Morgan fingerprint density at radius 3 is 2.19 bits per heavy atom. The van der Waals surface area contributed by atoms with Gasteiger partial charge in [-0.25, -0.2) is 13.2 Å². The fourth-order valence-corrected chi connectivity index (χ4v) is 4.04. The van der Waals surface area contributed by atoms with E-state index in [1.54, 1.807) is 24.3 Å². The zero-order valence-corrected chi connectivity index (χ0v) is 20.0. The van der Waals surface area contributed by atoms with Gasteiger partial charge in [0.15, 0.2) is 6.61 Å². The zero-order valence-electron chi connectivity index (χ0n) is 19.2. The topological polar surface area (TPSA) is 168 Å². The molecular formula is C23H22N4O8S. The number of nitrogens with zero attached hydrogens (tertiary/aromatic N) is 2. The van der Waals surface area contributed by atoms with Gasteiger partial charge in [-0.3, -0.25) is 19.6 Å². The Morgan fingerprint density at radius 2 is 1.61 bits per heavy atom. The molecule has 0 spiro atoms. The lowest BCUT2D eigenvalue weighted by Gasteiger charge is -2.13. The number of amides is 1. The molecule has 36 heavy (non-hydrogen) atoms. The summed E-state index contributed by atoms with van der Waals surface area (Å²) in [7, 11) is -0.483. The Bertz CT molecular complexity index is 1390. The normalized spacial score (nSPS) is 10.8. The predicted octanol–water partition coefficient (Wildman–Crippen LogP) is 2.96. The molecule has 3 aromatic carbocycles. The van der Waals surface area contributed by atoms with Crippen molar-refractivity contribution >= 4 is 44.6 Å². The van der Waals surface area contributed by atoms with E-state index in [4.69, 9.17) is 4.74 Å². The molecule has 0 radical (unpaired) electrons. The number of anilines is 3. The van der Waals surface area contributed by atoms with Crippen LogP contribution in [0.2, 0.25) is 0 Å². The summed E-state index contributed by atoms with van der Waals surface area (Å²) >= 11 is 0. The maximum absolute atomic E-state index is 12.7. The van der Waals surface area contributed by atoms with E-state index < -0.39 is 44.7 Å². The van der Waals surface area contributed by atoms with E-state index in [2.05, 4.69) is 10.0 Å². The summed E-state index contributed by atoms with van der Waals surface area (Å²) in [6, 6.07) is 14.5. The number of phenolic OH excluding ortho intramolecular Hbond substituents is 1. The van der Waals surface area contributed by atoms with Crippen LogP contribution in [-0.2, 0) is 19.6 Å². The summed E-state index contributed by atoms with van der Waals surface area (Å²) in [5.74, 6) is -2.30. The molecule has 3 rings (SSSR count). The Kier molecular flexibility index (Phi) is 7.74. The van der Waals surface area contributed by atoms with Gasteiger partial charge in [0.05, 0.1) is 9.82 Å². The van der Waals surface area contributed by atoms with Gasteiger partial charge in [-0.2, -0.15) is 0 Å². The van der Waals surface area contributed by atoms with Crippen LogP contribution in [0.5, 0.6) is 5.75 Å². The van der Waals surface area contributed by atoms with E-state index in [-0.39, 0.29) is 16.3 Å². The van der Waals surface area contributed by atoms with Gasteiger partial charge in [0, 0.05) is 43.3 Å². The first-order valence-electron chi connectivity index (χ1n) is 10.3. The van der Waals surface area contributed by atoms with Crippen LogP contribution in [0.3, 0.4) is 0 Å². The van der Waals surface area contributed by atoms with Crippen molar-refractivity contribution in [2.75, 3.05) is 35.6 Å². The summed E-state index contributed by atoms with van der Waals surface area (Å²) in [4.78, 5) is 36.2. The highest BCUT2D eigenvalue weighted by molar-refractivity contribution is 7.92. The van der Waals surface area contributed by atoms with Crippen LogP contribution in [0.15, 0.2) is 71.6 Å². The number of phenols is 1. The highest BCUT2D eigenvalue weighted by atomic mass is 32.2. The van der Waals surface area contributed by atoms with Crippen LogP contribution in [-0.4, -0.2) is 51.0 Å². The molecule has 3 N–H and O–H groups in total. The standard InChI is InChI=1S/C23H22N4O8S/c1-26(2)17-7-3-15(4-8-17)24-22(29)14-35-23(30)20-13-19(11-12-21(20)28)36(33,34)25-16-5-9-18(10-6-16)27(31)32/h3-13,25,28H,14H2,1-2H3,(H,24,29). The Morgan fingerprint density at radius 1 is 1.00 bits per heavy atom. The van der Waals surface area contributed by atoms with Crippen LogP contribution < -0.4 is 14.9 Å². The summed E-state index contributed by atoms with van der Waals surface area (Å²) in [5.41, 5.74) is 0.766. The molecule has 0 unspecified atom stereocenters. The van der Waals surface area contributed by atoms with E-state index in [0.717, 1.165) is 36.0 Å². The second kappa shape index (κ2) is 10.7. The maximum Gasteiger partial charge on any atom is 0.342 e. The van der Waals surface area contributed by atoms with E-state index in [1.807, 2.05) is 19.0 Å². The molecular weight excluding hydrogens is 492 g/mol. The van der Waals surface area contributed by atoms with Gasteiger partial charge in [0.1, 0.15) is 11.3 Å². The van der Waals surface area contributed by atoms with Crippen LogP contribution in [0, 0.1) is 10.1 Å². The number of carbonyl (C=O) groups excluding carboxylic acids is 2. The number of aromatic hydroxyl groups is 1. The Labute approximate surface area is 206 Å². The quantitative estimate of drug-likeness (QED) is 0.221. The monoisotopic (exact) mass is 514 g/mol. The SMILES string of the molecule is CN(C)c1ccc(NC(=O)COC(=O)c2cc(S(=O)(=O)Nc3ccc([N+](=O)[O-])cc3)ccc2O)cc1. The van der Waals surface area contributed by atoms with Gasteiger partial charge in [0.2, 0.25) is 0 Å². The van der Waals surface area contributed by atoms with Gasteiger partial charge >= 0.3 is 5.97 Å². The number of carbonyl (C=O) groups is 2. The van der Waals surface area contributed by atoms with Crippen molar-refractivity contribution in [2.24, 2.45) is 0 Å². The molecule has 0 atom stereocenters. The van der Waals surface area contributed by atoms with Crippen molar-refractivity contribution in [3.8, 4) is 5.75 Å². The van der Waals surface area contributed by atoms with E-state index >= 15 is 0 Å². The molecule has 188 valence electrons. The molecule has 0 saturated heterocycles. The van der Waals surface area contributed by atoms with Gasteiger partial charge in [0.25, 0.3) is 21.6 Å². The van der Waals surface area contributed by atoms with Crippen LogP contribution >= 0.6 is 0 Å². The summed E-state index contributed by atoms with van der Waals surface area (Å²) in [6.45, 7) is -0.675. The second-order valence-electron chi connectivity index (χ2n) is 7.65. The molecule has 0 aliphatic heterocycles. The number of benzene rings is 3. The van der Waals surface area contributed by atoms with Gasteiger partial charge in [-0.1, -0.05) is 0 Å². The summed E-state index contributed by atoms with van der Waals surface area (Å²) < 4.78 is 32.5. The summed E-state index contributed by atoms with van der Waals surface area (Å²) in [5, 5.41) is 23.3. The molecule has 0 heterocycles. The largest absolute Gasteiger partial charge is 0.507 e. The number of sulfonamides is 1. The molecule has 0 saturated carbocycles. The molecule has 0 fully saturated rings. The number of ether oxygens (including phenoxy) is 1. The highest BCUT2D eigenvalue weighted by Crippen LogP contribution is 2.25. The number of hydrogen-bond acceptors (Lipinski definition) is 9. The average molecular weight is 515 g/mol. The van der Waals surface area contributed by atoms with Crippen molar-refractivity contribution in [2.45, 2.75) is 4.90 Å². The highest BCUT2D eigenvalue weighted by Gasteiger charge is 2.21. The van der Waals surface area contributed by atoms with Crippen molar-refractivity contribution in [1.82, 2.24) is 0 Å². The molecule has 0 aliphatic carbocycles. The number of non-ortho nitro benzene ring substituents is 1. The van der Waals surface area contributed by atoms with Crippen LogP contribution in [0.1, 0.15) is 10.4 Å². The van der Waals surface area contributed by atoms with Crippen molar-refractivity contribution in [3.63, 3.8) is 0 Å². The summed E-state index contributed by atoms with van der Waals surface area (Å²) in [6.07, 6.45) is 0. The van der Waals surface area contributed by atoms with Crippen molar-refractivity contribution in [3.05, 3.63) is 82.4 Å². The lowest BCUT2D eigenvalue weighted by atomic mass is 10.2. The molecule has 13 heteroatoms. The van der Waals surface area contributed by atoms with E-state index in [1.165, 1.54) is 12.1 Å². The average Bonchev–Trinajstić information content (AvgIpc) is 2.83. The number of hydrogen-bond donors (Lipinski definition) is 3. The second-order valence-corrected chi connectivity index (χ2v) is 9.34. The third-order valence-electron chi connectivity index (χ3n) is 4.83. The van der Waals surface area contributed by atoms with Gasteiger partial charge in [-0.05, 0) is 54.6 Å². The van der Waals surface area contributed by atoms with Crippen LogP contribution in [0.25, 0.3) is 0 Å². The van der Waals surface area contributed by atoms with E-state index in [9.17, 15) is 33.2 Å². The van der Waals surface area contributed by atoms with Crippen LogP contribution in [0.4, 0.5) is 22.7 Å². The molecule has 0 aliphatic rings. The lowest BCUT2D eigenvalue weighted by molar-refractivity contribution is -0.384. The van der Waals surface area contributed by atoms with Gasteiger partial charge < -0.3 is 20.1 Å². The van der Waals surface area contributed by atoms with Gasteiger partial charge in [-0.15, -0.1) is 0 Å². The number of rotatable bonds is 9. The fourth-order valence-electron chi connectivity index (χ4n) is 2.96. The van der Waals surface area contributed by atoms with Crippen molar-refractivity contribution in [1.29, 1.82) is 0 Å². The predicted molar refractivity (Wildman–Crippen MR) is 132 cm³/mol. The first-order valence-corrected chi connectivity index (χ1v) is 11.8. The fraction of sp³-hybridized carbons (Fsp3) is 0.130. The third-order valence-corrected chi connectivity index (χ3v) is 6.21. The molecule has 12 nitrogen and oxygen atoms in total. The molecule has 0 aromatic heterocycles. The third kappa shape index (κ3) is 6.48. The minimum atomic E-state index is -4.22. The Balaban J connectivity index is 1.66. The molecule has 3 aromatic rings. The van der Waals surface area contributed by atoms with E-state index in [0.29, 0.717) is 5.69 Å². The number of nitro benzene ring substituents is 1. The zero-order chi connectivity index (χ0) is 26.5.